The molecule has 1 N–H and O–H groups in total. The Morgan fingerprint density at radius 1 is 1.33 bits per heavy atom. The SMILES string of the molecule is CCC1(CNCCc2ccc3c(c2)CCO3)CC1. The van der Waals surface area contributed by atoms with E-state index >= 15 is 0 Å². The van der Waals surface area contributed by atoms with Gasteiger partial charge >= 0.3 is 0 Å². The van der Waals surface area contributed by atoms with Gasteiger partial charge in [-0.1, -0.05) is 19.1 Å². The van der Waals surface area contributed by atoms with Crippen LogP contribution in [0.25, 0.3) is 0 Å². The van der Waals surface area contributed by atoms with Gasteiger partial charge in [-0.3, -0.25) is 0 Å². The van der Waals surface area contributed by atoms with Crippen molar-refractivity contribution in [2.75, 3.05) is 19.7 Å². The largest absolute Gasteiger partial charge is 0.493 e. The van der Waals surface area contributed by atoms with Gasteiger partial charge in [0.2, 0.25) is 0 Å². The first-order valence-corrected chi connectivity index (χ1v) is 7.27. The van der Waals surface area contributed by atoms with Gasteiger partial charge in [0.15, 0.2) is 0 Å². The third kappa shape index (κ3) is 2.54. The fourth-order valence-electron chi connectivity index (χ4n) is 2.81. The molecule has 98 valence electrons. The van der Waals surface area contributed by atoms with E-state index in [0.717, 1.165) is 31.7 Å². The van der Waals surface area contributed by atoms with Gasteiger partial charge in [0.25, 0.3) is 0 Å². The van der Waals surface area contributed by atoms with Crippen molar-refractivity contribution >= 4 is 0 Å². The molecule has 0 bridgehead atoms. The molecule has 0 spiro atoms. The van der Waals surface area contributed by atoms with Gasteiger partial charge in [0.05, 0.1) is 6.61 Å². The molecule has 2 heteroatoms. The van der Waals surface area contributed by atoms with Crippen LogP contribution in [-0.4, -0.2) is 19.7 Å². The van der Waals surface area contributed by atoms with Crippen LogP contribution in [0.2, 0.25) is 0 Å². The second-order valence-electron chi connectivity index (χ2n) is 5.82. The summed E-state index contributed by atoms with van der Waals surface area (Å²) in [6, 6.07) is 6.65. The van der Waals surface area contributed by atoms with Crippen molar-refractivity contribution in [1.82, 2.24) is 5.32 Å². The van der Waals surface area contributed by atoms with Gasteiger partial charge in [-0.05, 0) is 54.8 Å². The molecule has 0 unspecified atom stereocenters. The topological polar surface area (TPSA) is 21.3 Å². The minimum atomic E-state index is 0.659. The lowest BCUT2D eigenvalue weighted by Gasteiger charge is -2.13. The van der Waals surface area contributed by atoms with E-state index in [-0.39, 0.29) is 0 Å². The molecule has 18 heavy (non-hydrogen) atoms. The van der Waals surface area contributed by atoms with E-state index in [1.54, 1.807) is 0 Å². The Hall–Kier alpha value is -1.02. The summed E-state index contributed by atoms with van der Waals surface area (Å²) in [4.78, 5) is 0. The highest BCUT2D eigenvalue weighted by Gasteiger charge is 2.39. The fraction of sp³-hybridized carbons (Fsp3) is 0.625. The Kier molecular flexibility index (Phi) is 3.29. The number of nitrogens with one attached hydrogen (secondary N) is 1. The quantitative estimate of drug-likeness (QED) is 0.778. The molecular weight excluding hydrogens is 222 g/mol. The first-order valence-electron chi connectivity index (χ1n) is 7.27. The molecule has 1 aliphatic heterocycles. The summed E-state index contributed by atoms with van der Waals surface area (Å²) in [7, 11) is 0. The standard InChI is InChI=1S/C16H23NO/c1-2-16(7-8-16)12-17-9-5-13-3-4-15-14(11-13)6-10-18-15/h3-4,11,17H,2,5-10,12H2,1H3. The van der Waals surface area contributed by atoms with E-state index in [9.17, 15) is 0 Å². The summed E-state index contributed by atoms with van der Waals surface area (Å²) in [5, 5.41) is 3.62. The molecule has 0 atom stereocenters. The van der Waals surface area contributed by atoms with Crippen LogP contribution in [0.5, 0.6) is 5.75 Å². The zero-order valence-electron chi connectivity index (χ0n) is 11.3. The van der Waals surface area contributed by atoms with Crippen LogP contribution in [0, 0.1) is 5.41 Å². The molecule has 1 aromatic rings. The monoisotopic (exact) mass is 245 g/mol. The van der Waals surface area contributed by atoms with E-state index in [0.29, 0.717) is 5.41 Å². The summed E-state index contributed by atoms with van der Waals surface area (Å²) in [6.07, 6.45) is 6.39. The van der Waals surface area contributed by atoms with Crippen LogP contribution >= 0.6 is 0 Å². The fourth-order valence-corrected chi connectivity index (χ4v) is 2.81. The van der Waals surface area contributed by atoms with E-state index in [1.807, 2.05) is 0 Å². The highest BCUT2D eigenvalue weighted by Crippen LogP contribution is 2.47. The number of hydrogen-bond donors (Lipinski definition) is 1. The molecule has 3 rings (SSSR count). The number of ether oxygens (including phenoxy) is 1. The lowest BCUT2D eigenvalue weighted by molar-refractivity contribution is 0.357. The number of benzene rings is 1. The van der Waals surface area contributed by atoms with Crippen LogP contribution in [0.1, 0.15) is 37.3 Å². The maximum absolute atomic E-state index is 5.53. The number of rotatable bonds is 6. The minimum absolute atomic E-state index is 0.659. The van der Waals surface area contributed by atoms with Crippen molar-refractivity contribution in [2.24, 2.45) is 5.41 Å². The normalized spacial score (nSPS) is 19.4. The maximum Gasteiger partial charge on any atom is 0.122 e. The molecule has 0 radical (unpaired) electrons. The third-order valence-electron chi connectivity index (χ3n) is 4.55. The second-order valence-corrected chi connectivity index (χ2v) is 5.82. The summed E-state index contributed by atoms with van der Waals surface area (Å²) < 4.78 is 5.53. The van der Waals surface area contributed by atoms with Crippen LogP contribution < -0.4 is 10.1 Å². The van der Waals surface area contributed by atoms with Crippen molar-refractivity contribution in [3.63, 3.8) is 0 Å². The molecule has 1 aliphatic carbocycles. The zero-order chi connectivity index (χ0) is 12.4. The molecular formula is C16H23NO. The molecule has 1 heterocycles. The third-order valence-corrected chi connectivity index (χ3v) is 4.55. The van der Waals surface area contributed by atoms with Gasteiger partial charge in [0.1, 0.15) is 5.75 Å². The Balaban J connectivity index is 1.46. The van der Waals surface area contributed by atoms with Crippen LogP contribution in [0.4, 0.5) is 0 Å². The average molecular weight is 245 g/mol. The van der Waals surface area contributed by atoms with Crippen LogP contribution in [-0.2, 0) is 12.8 Å². The van der Waals surface area contributed by atoms with E-state index in [2.05, 4.69) is 30.4 Å². The molecule has 1 aromatic carbocycles. The first kappa shape index (κ1) is 12.0. The van der Waals surface area contributed by atoms with Crippen molar-refractivity contribution < 1.29 is 4.74 Å². The predicted octanol–water partition coefficient (Wildman–Crippen LogP) is 2.94. The van der Waals surface area contributed by atoms with Crippen molar-refractivity contribution in [1.29, 1.82) is 0 Å². The zero-order valence-corrected chi connectivity index (χ0v) is 11.3. The highest BCUT2D eigenvalue weighted by molar-refractivity contribution is 5.39. The Morgan fingerprint density at radius 3 is 3.00 bits per heavy atom. The Bertz CT molecular complexity index is 423. The van der Waals surface area contributed by atoms with Crippen molar-refractivity contribution in [2.45, 2.75) is 39.0 Å². The molecule has 0 aromatic heterocycles. The van der Waals surface area contributed by atoms with E-state index in [4.69, 9.17) is 4.74 Å². The maximum atomic E-state index is 5.53. The average Bonchev–Trinajstić information content (AvgIpc) is 3.03. The molecule has 1 saturated carbocycles. The van der Waals surface area contributed by atoms with Crippen LogP contribution in [0.3, 0.4) is 0 Å². The smallest absolute Gasteiger partial charge is 0.122 e. The second kappa shape index (κ2) is 4.93. The van der Waals surface area contributed by atoms with Crippen molar-refractivity contribution in [3.05, 3.63) is 29.3 Å². The molecule has 0 saturated heterocycles. The summed E-state index contributed by atoms with van der Waals surface area (Å²) in [6.45, 7) is 5.48. The molecule has 2 nitrogen and oxygen atoms in total. The summed E-state index contributed by atoms with van der Waals surface area (Å²) in [5.74, 6) is 1.09. The van der Waals surface area contributed by atoms with Gasteiger partial charge in [-0.15, -0.1) is 0 Å². The predicted molar refractivity (Wildman–Crippen MR) is 74.2 cm³/mol. The van der Waals surface area contributed by atoms with Gasteiger partial charge < -0.3 is 10.1 Å². The minimum Gasteiger partial charge on any atom is -0.493 e. The first-order chi connectivity index (χ1) is 8.81. The van der Waals surface area contributed by atoms with Gasteiger partial charge in [-0.25, -0.2) is 0 Å². The molecule has 0 amide bonds. The molecule has 2 aliphatic rings. The number of fused-ring (bicyclic) bond motifs is 1. The lowest BCUT2D eigenvalue weighted by Crippen LogP contribution is -2.25. The van der Waals surface area contributed by atoms with Crippen molar-refractivity contribution in [3.8, 4) is 5.75 Å². The van der Waals surface area contributed by atoms with Gasteiger partial charge in [0, 0.05) is 13.0 Å². The summed E-state index contributed by atoms with van der Waals surface area (Å²) in [5.41, 5.74) is 3.49. The Labute approximate surface area is 110 Å². The molecule has 1 fully saturated rings. The van der Waals surface area contributed by atoms with Crippen LogP contribution in [0.15, 0.2) is 18.2 Å². The van der Waals surface area contributed by atoms with E-state index < -0.39 is 0 Å². The van der Waals surface area contributed by atoms with Gasteiger partial charge in [-0.2, -0.15) is 0 Å². The lowest BCUT2D eigenvalue weighted by atomic mass is 10.0. The highest BCUT2D eigenvalue weighted by atomic mass is 16.5. The Morgan fingerprint density at radius 2 is 2.22 bits per heavy atom. The van der Waals surface area contributed by atoms with E-state index in [1.165, 1.54) is 36.9 Å². The number of hydrogen-bond acceptors (Lipinski definition) is 2. The summed E-state index contributed by atoms with van der Waals surface area (Å²) >= 11 is 0.